The van der Waals surface area contributed by atoms with Crippen LogP contribution in [0.3, 0.4) is 0 Å². The Morgan fingerprint density at radius 3 is 1.20 bits per heavy atom. The second kappa shape index (κ2) is 9.69. The molecule has 0 bridgehead atoms. The van der Waals surface area contributed by atoms with E-state index in [2.05, 4.69) is 13.8 Å². The standard InChI is InChI=1S/C4H10.H3O4P.V/c1-3-4-2;1-5(2,3)4;/h3-4H2,1-2H3;(H3,1,2,3,4);. The largest absolute Gasteiger partial charge is 0.466 e. The van der Waals surface area contributed by atoms with Gasteiger partial charge in [-0.1, -0.05) is 26.7 Å². The molecule has 0 aliphatic rings. The molecule has 0 saturated carbocycles. The first-order valence-electron chi connectivity index (χ1n) is 2.70. The zero-order valence-corrected chi connectivity index (χ0v) is 8.35. The summed E-state index contributed by atoms with van der Waals surface area (Å²) < 4.78 is 8.88. The monoisotopic (exact) mass is 207 g/mol. The van der Waals surface area contributed by atoms with Crippen molar-refractivity contribution < 1.29 is 37.8 Å². The summed E-state index contributed by atoms with van der Waals surface area (Å²) in [4.78, 5) is 21.6. The second-order valence-electron chi connectivity index (χ2n) is 1.51. The van der Waals surface area contributed by atoms with Crippen LogP contribution in [0.15, 0.2) is 0 Å². The van der Waals surface area contributed by atoms with Crippen molar-refractivity contribution in [2.45, 2.75) is 26.7 Å². The Morgan fingerprint density at radius 2 is 1.20 bits per heavy atom. The quantitative estimate of drug-likeness (QED) is 0.557. The third-order valence-electron chi connectivity index (χ3n) is 0.500. The van der Waals surface area contributed by atoms with Crippen molar-refractivity contribution in [3.63, 3.8) is 0 Å². The molecule has 1 radical (unpaired) electrons. The third kappa shape index (κ3) is 179. The van der Waals surface area contributed by atoms with Gasteiger partial charge in [0.2, 0.25) is 0 Å². The van der Waals surface area contributed by atoms with Crippen LogP contribution in [0, 0.1) is 0 Å². The van der Waals surface area contributed by atoms with Gasteiger partial charge in [-0.2, -0.15) is 0 Å². The predicted molar refractivity (Wildman–Crippen MR) is 34.8 cm³/mol. The van der Waals surface area contributed by atoms with E-state index in [1.807, 2.05) is 0 Å². The van der Waals surface area contributed by atoms with Gasteiger partial charge in [0.05, 0.1) is 0 Å². The van der Waals surface area contributed by atoms with Crippen LogP contribution in [-0.4, -0.2) is 14.7 Å². The smallest absolute Gasteiger partial charge is 0.303 e. The summed E-state index contributed by atoms with van der Waals surface area (Å²) in [7, 11) is -4.64. The minimum Gasteiger partial charge on any atom is -0.303 e. The summed E-state index contributed by atoms with van der Waals surface area (Å²) in [5.74, 6) is 0. The van der Waals surface area contributed by atoms with E-state index in [0.29, 0.717) is 0 Å². The van der Waals surface area contributed by atoms with Crippen molar-refractivity contribution >= 4 is 7.82 Å². The number of rotatable bonds is 1. The summed E-state index contributed by atoms with van der Waals surface area (Å²) in [6.45, 7) is 4.36. The van der Waals surface area contributed by atoms with Crippen LogP contribution in [0.2, 0.25) is 0 Å². The van der Waals surface area contributed by atoms with Crippen LogP contribution >= 0.6 is 7.82 Å². The van der Waals surface area contributed by atoms with Gasteiger partial charge in [0.25, 0.3) is 0 Å². The molecule has 0 aromatic rings. The van der Waals surface area contributed by atoms with Gasteiger partial charge in [0.1, 0.15) is 0 Å². The van der Waals surface area contributed by atoms with Crippen LogP contribution in [0.1, 0.15) is 26.7 Å². The van der Waals surface area contributed by atoms with E-state index in [1.165, 1.54) is 12.8 Å². The molecule has 0 aliphatic heterocycles. The maximum Gasteiger partial charge on any atom is 0.466 e. The Balaban J connectivity index is -0.0000000910. The number of hydrogen-bond donors (Lipinski definition) is 3. The zero-order valence-electron chi connectivity index (χ0n) is 6.06. The molecule has 0 aromatic carbocycles. The van der Waals surface area contributed by atoms with E-state index in [4.69, 9.17) is 19.2 Å². The third-order valence-corrected chi connectivity index (χ3v) is 0.500. The van der Waals surface area contributed by atoms with Crippen molar-refractivity contribution in [1.82, 2.24) is 0 Å². The fraction of sp³-hybridized carbons (Fsp3) is 1.00. The first-order chi connectivity index (χ1) is 3.91. The van der Waals surface area contributed by atoms with Crippen LogP contribution in [0.25, 0.3) is 0 Å². The predicted octanol–water partition coefficient (Wildman–Crippen LogP) is 0.875. The molecule has 0 amide bonds. The molecular formula is C4H13O4PV. The molecule has 0 aliphatic carbocycles. The van der Waals surface area contributed by atoms with Crippen LogP contribution in [0.5, 0.6) is 0 Å². The molecule has 0 atom stereocenters. The number of unbranched alkanes of at least 4 members (excludes halogenated alkanes) is 1. The topological polar surface area (TPSA) is 77.8 Å². The van der Waals surface area contributed by atoms with Gasteiger partial charge in [-0.25, -0.2) is 4.57 Å². The van der Waals surface area contributed by atoms with Crippen molar-refractivity contribution in [1.29, 1.82) is 0 Å². The molecule has 0 saturated heterocycles. The Bertz CT molecular complexity index is 81.0. The Morgan fingerprint density at radius 1 is 1.10 bits per heavy atom. The van der Waals surface area contributed by atoms with E-state index < -0.39 is 7.82 Å². The van der Waals surface area contributed by atoms with Crippen LogP contribution in [0.4, 0.5) is 0 Å². The van der Waals surface area contributed by atoms with Gasteiger partial charge in [-0.3, -0.25) is 0 Å². The van der Waals surface area contributed by atoms with E-state index in [1.54, 1.807) is 0 Å². The fourth-order valence-corrected chi connectivity index (χ4v) is 0. The molecule has 10 heavy (non-hydrogen) atoms. The molecule has 0 unspecified atom stereocenters. The average Bonchev–Trinajstić information content (AvgIpc) is 1.61. The maximum absolute atomic E-state index is 8.88. The van der Waals surface area contributed by atoms with Gasteiger partial charge in [0.15, 0.2) is 0 Å². The summed E-state index contributed by atoms with van der Waals surface area (Å²) in [5.41, 5.74) is 0. The maximum atomic E-state index is 8.88. The summed E-state index contributed by atoms with van der Waals surface area (Å²) >= 11 is 0. The van der Waals surface area contributed by atoms with Gasteiger partial charge < -0.3 is 14.7 Å². The summed E-state index contributed by atoms with van der Waals surface area (Å²) in [6, 6.07) is 0. The Kier molecular flexibility index (Phi) is 16.5. The minimum absolute atomic E-state index is 0. The molecule has 63 valence electrons. The van der Waals surface area contributed by atoms with Crippen molar-refractivity contribution in [2.75, 3.05) is 0 Å². The summed E-state index contributed by atoms with van der Waals surface area (Å²) in [6.07, 6.45) is 2.64. The molecule has 6 heteroatoms. The molecule has 0 spiro atoms. The molecule has 3 N–H and O–H groups in total. The number of phosphoric acid groups is 1. The fourth-order valence-electron chi connectivity index (χ4n) is 0. The molecule has 0 fully saturated rings. The van der Waals surface area contributed by atoms with Gasteiger partial charge in [-0.05, 0) is 0 Å². The Labute approximate surface area is 72.8 Å². The molecule has 4 nitrogen and oxygen atoms in total. The van der Waals surface area contributed by atoms with Crippen molar-refractivity contribution in [3.05, 3.63) is 0 Å². The molecule has 0 heterocycles. The minimum atomic E-state index is -4.64. The summed E-state index contributed by atoms with van der Waals surface area (Å²) in [5, 5.41) is 0. The second-order valence-corrected chi connectivity index (χ2v) is 2.54. The van der Waals surface area contributed by atoms with E-state index in [-0.39, 0.29) is 18.6 Å². The van der Waals surface area contributed by atoms with E-state index >= 15 is 0 Å². The van der Waals surface area contributed by atoms with Crippen molar-refractivity contribution in [3.8, 4) is 0 Å². The molecule has 0 rings (SSSR count). The molecular weight excluding hydrogens is 194 g/mol. The zero-order chi connectivity index (χ0) is 7.91. The van der Waals surface area contributed by atoms with Crippen molar-refractivity contribution in [2.24, 2.45) is 0 Å². The van der Waals surface area contributed by atoms with Gasteiger partial charge in [-0.15, -0.1) is 0 Å². The van der Waals surface area contributed by atoms with Crippen LogP contribution < -0.4 is 0 Å². The first-order valence-corrected chi connectivity index (χ1v) is 4.26. The first kappa shape index (κ1) is 17.0. The Hall–Kier alpha value is 0.694. The normalized spacial score (nSPS) is 8.90. The van der Waals surface area contributed by atoms with E-state index in [9.17, 15) is 0 Å². The van der Waals surface area contributed by atoms with Gasteiger partial charge >= 0.3 is 7.82 Å². The van der Waals surface area contributed by atoms with Crippen LogP contribution in [-0.2, 0) is 23.1 Å². The van der Waals surface area contributed by atoms with E-state index in [0.717, 1.165) is 0 Å². The number of hydrogen-bond acceptors (Lipinski definition) is 1. The van der Waals surface area contributed by atoms with Gasteiger partial charge in [0, 0.05) is 18.6 Å². The average molecular weight is 207 g/mol. The SMILES string of the molecule is CCCC.O=P(O)(O)O.[V]. The molecule has 0 aromatic heterocycles.